The van der Waals surface area contributed by atoms with E-state index in [4.69, 9.17) is 0 Å². The van der Waals surface area contributed by atoms with Gasteiger partial charge in [-0.3, -0.25) is 14.6 Å². The largest absolute Gasteiger partial charge is 0.352 e. The Labute approximate surface area is 164 Å². The van der Waals surface area contributed by atoms with Gasteiger partial charge in [0.15, 0.2) is 0 Å². The molecular weight excluding hydrogens is 357 g/mol. The van der Waals surface area contributed by atoms with E-state index in [0.29, 0.717) is 25.1 Å². The molecule has 1 aliphatic carbocycles. The number of aromatic nitrogens is 1. The zero-order chi connectivity index (χ0) is 19.6. The summed E-state index contributed by atoms with van der Waals surface area (Å²) in [4.78, 5) is 30.8. The Bertz CT molecular complexity index is 863. The summed E-state index contributed by atoms with van der Waals surface area (Å²) in [6, 6.07) is 12.0. The number of benzene rings is 1. The fourth-order valence-corrected chi connectivity index (χ4v) is 4.15. The van der Waals surface area contributed by atoms with Crippen LogP contribution in [0.1, 0.15) is 30.5 Å². The lowest BCUT2D eigenvalue weighted by Gasteiger charge is -2.33. The van der Waals surface area contributed by atoms with Crippen molar-refractivity contribution in [3.8, 4) is 0 Å². The average Bonchev–Trinajstić information content (AvgIpc) is 3.33. The van der Waals surface area contributed by atoms with Crippen molar-refractivity contribution in [3.63, 3.8) is 0 Å². The first-order valence-electron chi connectivity index (χ1n) is 9.76. The van der Waals surface area contributed by atoms with Crippen molar-refractivity contribution in [2.45, 2.75) is 38.1 Å². The van der Waals surface area contributed by atoms with Gasteiger partial charge in [-0.1, -0.05) is 18.2 Å². The molecule has 1 aromatic carbocycles. The van der Waals surface area contributed by atoms with E-state index >= 15 is 0 Å². The van der Waals surface area contributed by atoms with E-state index in [2.05, 4.69) is 10.3 Å². The summed E-state index contributed by atoms with van der Waals surface area (Å²) in [7, 11) is 0. The summed E-state index contributed by atoms with van der Waals surface area (Å²) in [6.07, 6.45) is 5.00. The summed E-state index contributed by atoms with van der Waals surface area (Å²) in [6.45, 7) is 1.39. The van der Waals surface area contributed by atoms with Gasteiger partial charge in [-0.15, -0.1) is 0 Å². The van der Waals surface area contributed by atoms with Crippen LogP contribution in [0.3, 0.4) is 0 Å². The van der Waals surface area contributed by atoms with Crippen molar-refractivity contribution in [1.82, 2.24) is 15.2 Å². The van der Waals surface area contributed by atoms with E-state index in [1.165, 1.54) is 12.1 Å². The van der Waals surface area contributed by atoms with Crippen LogP contribution in [0.2, 0.25) is 0 Å². The lowest BCUT2D eigenvalue weighted by Crippen LogP contribution is -2.42. The van der Waals surface area contributed by atoms with Gasteiger partial charge in [0.05, 0.1) is 12.8 Å². The maximum absolute atomic E-state index is 13.3. The van der Waals surface area contributed by atoms with Crippen LogP contribution < -0.4 is 5.32 Å². The number of amides is 2. The van der Waals surface area contributed by atoms with Crippen LogP contribution in [0.4, 0.5) is 4.39 Å². The molecule has 1 saturated heterocycles. The van der Waals surface area contributed by atoms with Gasteiger partial charge in [-0.05, 0) is 54.5 Å². The van der Waals surface area contributed by atoms with Crippen LogP contribution in [0, 0.1) is 11.2 Å². The molecule has 1 atom stereocenters. The fourth-order valence-electron chi connectivity index (χ4n) is 4.15. The number of piperidine rings is 1. The minimum Gasteiger partial charge on any atom is -0.352 e. The van der Waals surface area contributed by atoms with E-state index in [9.17, 15) is 14.0 Å². The normalized spacial score (nSPS) is 20.0. The molecule has 1 saturated carbocycles. The molecule has 0 radical (unpaired) electrons. The van der Waals surface area contributed by atoms with Gasteiger partial charge in [0.1, 0.15) is 5.82 Å². The smallest absolute Gasteiger partial charge is 0.226 e. The standard InChI is InChI=1S/C22H24FN3O2/c23-17-5-3-4-16(12-17)13-21(28)26-10-7-22(8-11-26)15-19(22)25-20(27)14-18-6-1-2-9-24-18/h1-6,9,12,19H,7-8,10-11,13-15H2,(H,25,27). The van der Waals surface area contributed by atoms with Crippen LogP contribution in [0.15, 0.2) is 48.7 Å². The molecule has 28 heavy (non-hydrogen) atoms. The van der Waals surface area contributed by atoms with Crippen molar-refractivity contribution in [2.24, 2.45) is 5.41 Å². The van der Waals surface area contributed by atoms with E-state index in [-0.39, 0.29) is 35.5 Å². The number of carbonyl (C=O) groups excluding carboxylic acids is 2. The molecule has 6 heteroatoms. The summed E-state index contributed by atoms with van der Waals surface area (Å²) < 4.78 is 13.3. The molecular formula is C22H24FN3O2. The van der Waals surface area contributed by atoms with Crippen molar-refractivity contribution in [1.29, 1.82) is 0 Å². The molecule has 2 heterocycles. The van der Waals surface area contributed by atoms with Crippen molar-refractivity contribution in [2.75, 3.05) is 13.1 Å². The summed E-state index contributed by atoms with van der Waals surface area (Å²) in [5.41, 5.74) is 1.61. The number of pyridine rings is 1. The monoisotopic (exact) mass is 381 g/mol. The SMILES string of the molecule is O=C(Cc1ccccn1)NC1CC12CCN(C(=O)Cc1cccc(F)c1)CC2. The second-order valence-electron chi connectivity index (χ2n) is 7.87. The first-order valence-corrected chi connectivity index (χ1v) is 9.76. The highest BCUT2D eigenvalue weighted by Crippen LogP contribution is 2.53. The highest BCUT2D eigenvalue weighted by molar-refractivity contribution is 5.79. The second-order valence-corrected chi connectivity index (χ2v) is 7.87. The van der Waals surface area contributed by atoms with Gasteiger partial charge in [-0.2, -0.15) is 0 Å². The van der Waals surface area contributed by atoms with Crippen molar-refractivity contribution >= 4 is 11.8 Å². The van der Waals surface area contributed by atoms with Crippen molar-refractivity contribution in [3.05, 3.63) is 65.7 Å². The third kappa shape index (κ3) is 4.21. The first kappa shape index (κ1) is 18.6. The third-order valence-electron chi connectivity index (χ3n) is 5.95. The number of nitrogens with zero attached hydrogens (tertiary/aromatic N) is 2. The number of nitrogens with one attached hydrogen (secondary N) is 1. The Morgan fingerprint density at radius 1 is 1.14 bits per heavy atom. The molecule has 0 bridgehead atoms. The Morgan fingerprint density at radius 2 is 1.96 bits per heavy atom. The number of carbonyl (C=O) groups is 2. The molecule has 1 unspecified atom stereocenters. The van der Waals surface area contributed by atoms with Crippen LogP contribution in [-0.4, -0.2) is 40.8 Å². The summed E-state index contributed by atoms with van der Waals surface area (Å²) in [5, 5.41) is 3.13. The van der Waals surface area contributed by atoms with E-state index in [0.717, 1.165) is 25.0 Å². The highest BCUT2D eigenvalue weighted by atomic mass is 19.1. The molecule has 1 N–H and O–H groups in total. The number of likely N-dealkylation sites (tertiary alicyclic amines) is 1. The Morgan fingerprint density at radius 3 is 2.68 bits per heavy atom. The molecule has 4 rings (SSSR count). The molecule has 2 fully saturated rings. The van der Waals surface area contributed by atoms with Crippen LogP contribution in [0.25, 0.3) is 0 Å². The van der Waals surface area contributed by atoms with Gasteiger partial charge in [0, 0.05) is 31.0 Å². The number of rotatable bonds is 5. The quantitative estimate of drug-likeness (QED) is 0.866. The third-order valence-corrected chi connectivity index (χ3v) is 5.95. The molecule has 1 aromatic heterocycles. The maximum atomic E-state index is 13.3. The van der Waals surface area contributed by atoms with Gasteiger partial charge in [-0.25, -0.2) is 4.39 Å². The molecule has 5 nitrogen and oxygen atoms in total. The van der Waals surface area contributed by atoms with E-state index < -0.39 is 0 Å². The number of hydrogen-bond donors (Lipinski definition) is 1. The molecule has 2 amide bonds. The van der Waals surface area contributed by atoms with Crippen LogP contribution in [-0.2, 0) is 22.4 Å². The maximum Gasteiger partial charge on any atom is 0.226 e. The zero-order valence-electron chi connectivity index (χ0n) is 15.7. The van der Waals surface area contributed by atoms with Gasteiger partial charge in [0.25, 0.3) is 0 Å². The topological polar surface area (TPSA) is 62.3 Å². The molecule has 1 spiro atoms. The molecule has 2 aromatic rings. The van der Waals surface area contributed by atoms with E-state index in [1.807, 2.05) is 23.1 Å². The minimum atomic E-state index is -0.315. The predicted molar refractivity (Wildman–Crippen MR) is 103 cm³/mol. The van der Waals surface area contributed by atoms with Gasteiger partial charge >= 0.3 is 0 Å². The summed E-state index contributed by atoms with van der Waals surface area (Å²) >= 11 is 0. The molecule has 2 aliphatic rings. The summed E-state index contributed by atoms with van der Waals surface area (Å²) in [5.74, 6) is -0.271. The predicted octanol–water partition coefficient (Wildman–Crippen LogP) is 2.50. The lowest BCUT2D eigenvalue weighted by atomic mass is 9.92. The van der Waals surface area contributed by atoms with Crippen LogP contribution in [0.5, 0.6) is 0 Å². The van der Waals surface area contributed by atoms with Gasteiger partial charge in [0.2, 0.25) is 11.8 Å². The number of halogens is 1. The fraction of sp³-hybridized carbons (Fsp3) is 0.409. The lowest BCUT2D eigenvalue weighted by molar-refractivity contribution is -0.132. The Hall–Kier alpha value is -2.76. The first-order chi connectivity index (χ1) is 13.5. The Kier molecular flexibility index (Phi) is 5.11. The van der Waals surface area contributed by atoms with Crippen LogP contribution >= 0.6 is 0 Å². The minimum absolute atomic E-state index is 0.00480. The average molecular weight is 381 g/mol. The van der Waals surface area contributed by atoms with E-state index in [1.54, 1.807) is 18.3 Å². The Balaban J connectivity index is 1.24. The molecule has 1 aliphatic heterocycles. The number of hydrogen-bond acceptors (Lipinski definition) is 3. The van der Waals surface area contributed by atoms with Gasteiger partial charge < -0.3 is 10.2 Å². The highest BCUT2D eigenvalue weighted by Gasteiger charge is 2.55. The molecule has 146 valence electrons. The van der Waals surface area contributed by atoms with Crippen molar-refractivity contribution < 1.29 is 14.0 Å². The second kappa shape index (κ2) is 7.70. The zero-order valence-corrected chi connectivity index (χ0v) is 15.7.